The van der Waals surface area contributed by atoms with Crippen molar-refractivity contribution in [1.29, 1.82) is 0 Å². The van der Waals surface area contributed by atoms with Gasteiger partial charge in [-0.15, -0.1) is 11.3 Å². The number of likely N-dealkylation sites (N-methyl/N-ethyl adjacent to an activating group) is 2. The van der Waals surface area contributed by atoms with Gasteiger partial charge in [0.2, 0.25) is 0 Å². The normalized spacial score (nSPS) is 19.4. The number of hydrogen-bond acceptors (Lipinski definition) is 5. The van der Waals surface area contributed by atoms with Gasteiger partial charge < -0.3 is 4.90 Å². The van der Waals surface area contributed by atoms with E-state index in [2.05, 4.69) is 36.1 Å². The molecule has 1 aromatic rings. The molecule has 6 heteroatoms. The van der Waals surface area contributed by atoms with Crippen molar-refractivity contribution in [2.75, 3.05) is 26.7 Å². The molecule has 0 radical (unpaired) electrons. The van der Waals surface area contributed by atoms with Gasteiger partial charge in [-0.1, -0.05) is 6.92 Å². The summed E-state index contributed by atoms with van der Waals surface area (Å²) in [6, 6.07) is 2.64. The number of nitrogens with zero attached hydrogens (tertiary/aromatic N) is 2. The van der Waals surface area contributed by atoms with E-state index in [-0.39, 0.29) is 5.91 Å². The smallest absolute Gasteiger partial charge is 0.275 e. The van der Waals surface area contributed by atoms with Crippen molar-refractivity contribution in [3.8, 4) is 0 Å². The number of nitrogens with one attached hydrogen (secondary N) is 1. The summed E-state index contributed by atoms with van der Waals surface area (Å²) in [5.74, 6) is 4.99. The van der Waals surface area contributed by atoms with Crippen LogP contribution in [0.5, 0.6) is 0 Å². The third-order valence-corrected chi connectivity index (χ3v) is 5.33. The summed E-state index contributed by atoms with van der Waals surface area (Å²) in [4.78, 5) is 18.4. The van der Waals surface area contributed by atoms with Crippen LogP contribution in [0.2, 0.25) is 0 Å². The minimum Gasteiger partial charge on any atom is -0.301 e. The molecule has 21 heavy (non-hydrogen) atoms. The second-order valence-electron chi connectivity index (χ2n) is 5.79. The Hall–Kier alpha value is -0.950. The summed E-state index contributed by atoms with van der Waals surface area (Å²) < 4.78 is 0. The van der Waals surface area contributed by atoms with Crippen molar-refractivity contribution >= 4 is 17.2 Å². The molecule has 0 bridgehead atoms. The van der Waals surface area contributed by atoms with Crippen LogP contribution in [0.15, 0.2) is 6.07 Å². The topological polar surface area (TPSA) is 61.6 Å². The lowest BCUT2D eigenvalue weighted by Crippen LogP contribution is -2.38. The van der Waals surface area contributed by atoms with E-state index in [1.54, 1.807) is 0 Å². The summed E-state index contributed by atoms with van der Waals surface area (Å²) in [5.41, 5.74) is 3.42. The highest BCUT2D eigenvalue weighted by Gasteiger charge is 2.24. The Balaban J connectivity index is 1.94. The molecule has 1 amide bonds. The Kier molecular flexibility index (Phi) is 5.75. The molecule has 1 unspecified atom stereocenters. The Morgan fingerprint density at radius 1 is 1.62 bits per heavy atom. The van der Waals surface area contributed by atoms with Gasteiger partial charge >= 0.3 is 0 Å². The fourth-order valence-electron chi connectivity index (χ4n) is 3.09. The fraction of sp³-hybridized carbons (Fsp3) is 0.667. The van der Waals surface area contributed by atoms with Crippen LogP contribution in [0, 0.1) is 6.92 Å². The van der Waals surface area contributed by atoms with E-state index in [0.29, 0.717) is 10.9 Å². The molecule has 1 fully saturated rings. The summed E-state index contributed by atoms with van der Waals surface area (Å²) in [6.07, 6.45) is 2.60. The first-order valence-electron chi connectivity index (χ1n) is 7.58. The van der Waals surface area contributed by atoms with Crippen molar-refractivity contribution in [3.05, 3.63) is 21.4 Å². The zero-order valence-corrected chi connectivity index (χ0v) is 14.0. The molecule has 0 saturated carbocycles. The van der Waals surface area contributed by atoms with E-state index >= 15 is 0 Å². The van der Waals surface area contributed by atoms with Crippen LogP contribution in [-0.4, -0.2) is 48.4 Å². The van der Waals surface area contributed by atoms with Gasteiger partial charge in [-0.3, -0.25) is 15.1 Å². The molecule has 5 nitrogen and oxygen atoms in total. The van der Waals surface area contributed by atoms with Gasteiger partial charge in [-0.25, -0.2) is 5.84 Å². The van der Waals surface area contributed by atoms with Gasteiger partial charge in [0.1, 0.15) is 0 Å². The third kappa shape index (κ3) is 4.03. The first-order valence-corrected chi connectivity index (χ1v) is 8.39. The number of hydrazine groups is 1. The van der Waals surface area contributed by atoms with Crippen LogP contribution < -0.4 is 11.3 Å². The monoisotopic (exact) mass is 310 g/mol. The second kappa shape index (κ2) is 7.35. The molecule has 2 rings (SSSR count). The third-order valence-electron chi connectivity index (χ3n) is 4.24. The van der Waals surface area contributed by atoms with Gasteiger partial charge in [-0.05, 0) is 51.5 Å². The lowest BCUT2D eigenvalue weighted by atomic mass is 10.2. The fourth-order valence-corrected chi connectivity index (χ4v) is 4.03. The van der Waals surface area contributed by atoms with Crippen LogP contribution in [0.3, 0.4) is 0 Å². The quantitative estimate of drug-likeness (QED) is 0.476. The lowest BCUT2D eigenvalue weighted by Gasteiger charge is -2.27. The molecule has 0 aliphatic carbocycles. The molecule has 1 aliphatic heterocycles. The van der Waals surface area contributed by atoms with E-state index in [1.807, 2.05) is 6.07 Å². The summed E-state index contributed by atoms with van der Waals surface area (Å²) >= 11 is 1.51. The van der Waals surface area contributed by atoms with Gasteiger partial charge in [0.05, 0.1) is 4.88 Å². The number of carbonyl (C=O) groups excluding carboxylic acids is 1. The van der Waals surface area contributed by atoms with Crippen LogP contribution in [0.25, 0.3) is 0 Å². The molecule has 1 saturated heterocycles. The maximum Gasteiger partial charge on any atom is 0.275 e. The average molecular weight is 310 g/mol. The zero-order valence-electron chi connectivity index (χ0n) is 13.2. The largest absolute Gasteiger partial charge is 0.301 e. The molecular formula is C15H26N4OS. The molecule has 3 N–H and O–H groups in total. The number of rotatable bonds is 6. The van der Waals surface area contributed by atoms with Crippen molar-refractivity contribution in [2.45, 2.75) is 39.3 Å². The SMILES string of the molecule is CCN1CCCC1CN(C)Cc1cc(C(=O)NN)sc1C. The minimum absolute atomic E-state index is 0.204. The van der Waals surface area contributed by atoms with Crippen LogP contribution in [-0.2, 0) is 6.54 Å². The number of likely N-dealkylation sites (tertiary alicyclic amines) is 1. The predicted molar refractivity (Wildman–Crippen MR) is 87.3 cm³/mol. The molecular weight excluding hydrogens is 284 g/mol. The number of aryl methyl sites for hydroxylation is 1. The van der Waals surface area contributed by atoms with Crippen LogP contribution >= 0.6 is 11.3 Å². The molecule has 118 valence electrons. The molecule has 1 atom stereocenters. The van der Waals surface area contributed by atoms with E-state index in [9.17, 15) is 4.79 Å². The van der Waals surface area contributed by atoms with Crippen molar-refractivity contribution in [1.82, 2.24) is 15.2 Å². The first kappa shape index (κ1) is 16.4. The van der Waals surface area contributed by atoms with Gasteiger partial charge in [-0.2, -0.15) is 0 Å². The number of nitrogen functional groups attached to an aromatic ring is 1. The highest BCUT2D eigenvalue weighted by atomic mass is 32.1. The summed E-state index contributed by atoms with van der Waals surface area (Å²) in [6.45, 7) is 8.63. The number of carbonyl (C=O) groups is 1. The maximum atomic E-state index is 11.6. The molecule has 2 heterocycles. The van der Waals surface area contributed by atoms with Gasteiger partial charge in [0.25, 0.3) is 5.91 Å². The van der Waals surface area contributed by atoms with Gasteiger partial charge in [0.15, 0.2) is 0 Å². The Morgan fingerprint density at radius 2 is 2.38 bits per heavy atom. The molecule has 0 spiro atoms. The molecule has 0 aromatic carbocycles. The van der Waals surface area contributed by atoms with E-state index in [4.69, 9.17) is 5.84 Å². The van der Waals surface area contributed by atoms with Crippen LogP contribution in [0.4, 0.5) is 0 Å². The molecule has 1 aromatic heterocycles. The minimum atomic E-state index is -0.204. The number of amides is 1. The van der Waals surface area contributed by atoms with E-state index in [1.165, 1.54) is 41.2 Å². The van der Waals surface area contributed by atoms with Gasteiger partial charge in [0, 0.05) is 24.0 Å². The summed E-state index contributed by atoms with van der Waals surface area (Å²) in [7, 11) is 2.16. The second-order valence-corrected chi connectivity index (χ2v) is 7.04. The van der Waals surface area contributed by atoms with E-state index in [0.717, 1.165) is 19.6 Å². The zero-order chi connectivity index (χ0) is 15.4. The number of nitrogens with two attached hydrogens (primary N) is 1. The first-order chi connectivity index (χ1) is 10.0. The average Bonchev–Trinajstić information content (AvgIpc) is 3.05. The molecule has 1 aliphatic rings. The maximum absolute atomic E-state index is 11.6. The Morgan fingerprint density at radius 3 is 3.05 bits per heavy atom. The highest BCUT2D eigenvalue weighted by Crippen LogP contribution is 2.24. The summed E-state index contributed by atoms with van der Waals surface area (Å²) in [5, 5.41) is 0. The Bertz CT molecular complexity index is 488. The predicted octanol–water partition coefficient (Wildman–Crippen LogP) is 1.58. The van der Waals surface area contributed by atoms with Crippen LogP contribution in [0.1, 0.15) is 39.9 Å². The number of thiophene rings is 1. The van der Waals surface area contributed by atoms with Crippen molar-refractivity contribution < 1.29 is 4.79 Å². The lowest BCUT2D eigenvalue weighted by molar-refractivity contribution is 0.0957. The standard InChI is InChI=1S/C15H26N4OS/c1-4-19-7-5-6-13(19)10-18(3)9-12-8-14(15(20)17-16)21-11(12)2/h8,13H,4-7,9-10,16H2,1-3H3,(H,17,20). The Labute approximate surface area is 131 Å². The van der Waals surface area contributed by atoms with Crippen molar-refractivity contribution in [3.63, 3.8) is 0 Å². The van der Waals surface area contributed by atoms with E-state index < -0.39 is 0 Å². The van der Waals surface area contributed by atoms with Crippen molar-refractivity contribution in [2.24, 2.45) is 5.84 Å². The highest BCUT2D eigenvalue weighted by molar-refractivity contribution is 7.14. The number of hydrogen-bond donors (Lipinski definition) is 2.